The molecule has 27 heavy (non-hydrogen) atoms. The minimum atomic E-state index is -0.923. The number of aryl methyl sites for hydroxylation is 1. The smallest absolute Gasteiger partial charge is 0.347 e. The molecule has 7 heteroatoms. The van der Waals surface area contributed by atoms with Crippen molar-refractivity contribution in [2.24, 2.45) is 7.05 Å². The van der Waals surface area contributed by atoms with Gasteiger partial charge in [-0.1, -0.05) is 30.3 Å². The minimum Gasteiger partial charge on any atom is -0.506 e. The van der Waals surface area contributed by atoms with Gasteiger partial charge < -0.3 is 19.7 Å². The number of carbonyl (C=O) groups is 2. The molecule has 0 radical (unpaired) electrons. The zero-order valence-corrected chi connectivity index (χ0v) is 14.9. The summed E-state index contributed by atoms with van der Waals surface area (Å²) in [5.41, 5.74) is 0.626. The first kappa shape index (κ1) is 18.2. The Balaban J connectivity index is 1.98. The maximum absolute atomic E-state index is 12.3. The first-order valence-corrected chi connectivity index (χ1v) is 8.20. The highest BCUT2D eigenvalue weighted by Gasteiger charge is 2.22. The summed E-state index contributed by atoms with van der Waals surface area (Å²) >= 11 is 0. The second-order valence-corrected chi connectivity index (χ2v) is 6.02. The van der Waals surface area contributed by atoms with Crippen LogP contribution in [0.2, 0.25) is 0 Å². The number of nitrogens with zero attached hydrogens (tertiary/aromatic N) is 1. The summed E-state index contributed by atoms with van der Waals surface area (Å²) < 4.78 is 5.83. The molecule has 1 heterocycles. The first-order chi connectivity index (χ1) is 12.9. The summed E-state index contributed by atoms with van der Waals surface area (Å²) in [6, 6.07) is 14.0. The molecule has 1 aromatic heterocycles. The second-order valence-electron chi connectivity index (χ2n) is 6.02. The van der Waals surface area contributed by atoms with Crippen LogP contribution in [-0.4, -0.2) is 28.7 Å². The number of pyridine rings is 1. The molecule has 2 N–H and O–H groups in total. The quantitative estimate of drug-likeness (QED) is 0.690. The van der Waals surface area contributed by atoms with E-state index in [2.05, 4.69) is 10.1 Å². The summed E-state index contributed by atoms with van der Waals surface area (Å²) in [7, 11) is 2.62. The number of anilines is 1. The van der Waals surface area contributed by atoms with Crippen molar-refractivity contribution < 1.29 is 19.4 Å². The van der Waals surface area contributed by atoms with E-state index in [1.165, 1.54) is 17.7 Å². The van der Waals surface area contributed by atoms with Crippen LogP contribution < -0.4 is 10.9 Å². The molecule has 0 aliphatic heterocycles. The molecule has 7 nitrogen and oxygen atoms in total. The highest BCUT2D eigenvalue weighted by atomic mass is 16.5. The lowest BCUT2D eigenvalue weighted by molar-refractivity contribution is -0.115. The van der Waals surface area contributed by atoms with Crippen LogP contribution in [-0.2, 0) is 23.0 Å². The minimum absolute atomic E-state index is 0.200. The van der Waals surface area contributed by atoms with Gasteiger partial charge in [0.2, 0.25) is 5.91 Å². The van der Waals surface area contributed by atoms with Gasteiger partial charge in [-0.2, -0.15) is 0 Å². The normalized spacial score (nSPS) is 10.6. The third kappa shape index (κ3) is 3.52. The SMILES string of the molecule is COC(=O)c1c(O)c2cc(NC(=O)Cc3ccccc3)ccc2n(C)c1=O. The van der Waals surface area contributed by atoms with Gasteiger partial charge in [-0.15, -0.1) is 0 Å². The predicted molar refractivity (Wildman–Crippen MR) is 101 cm³/mol. The number of fused-ring (bicyclic) bond motifs is 1. The third-order valence-electron chi connectivity index (χ3n) is 4.25. The van der Waals surface area contributed by atoms with E-state index >= 15 is 0 Å². The molecule has 1 amide bonds. The van der Waals surface area contributed by atoms with E-state index in [4.69, 9.17) is 0 Å². The fourth-order valence-corrected chi connectivity index (χ4v) is 2.88. The summed E-state index contributed by atoms with van der Waals surface area (Å²) in [6.45, 7) is 0. The number of benzene rings is 2. The van der Waals surface area contributed by atoms with Gasteiger partial charge in [-0.25, -0.2) is 4.79 Å². The number of amides is 1. The molecule has 0 spiro atoms. The van der Waals surface area contributed by atoms with Crippen molar-refractivity contribution in [3.8, 4) is 5.75 Å². The Morgan fingerprint density at radius 2 is 1.85 bits per heavy atom. The van der Waals surface area contributed by atoms with Gasteiger partial charge in [-0.05, 0) is 23.8 Å². The molecule has 0 bridgehead atoms. The van der Waals surface area contributed by atoms with Gasteiger partial charge in [0.25, 0.3) is 5.56 Å². The summed E-state index contributed by atoms with van der Waals surface area (Å²) in [4.78, 5) is 36.4. The fourth-order valence-electron chi connectivity index (χ4n) is 2.88. The lowest BCUT2D eigenvalue weighted by atomic mass is 10.1. The Bertz CT molecular complexity index is 1090. The second kappa shape index (κ2) is 7.33. The molecular formula is C20H18N2O5. The molecule has 2 aromatic carbocycles. The predicted octanol–water partition coefficient (Wildman–Crippen LogP) is 2.21. The fraction of sp³-hybridized carbons (Fsp3) is 0.150. The van der Waals surface area contributed by atoms with Crippen LogP contribution in [0.5, 0.6) is 5.75 Å². The topological polar surface area (TPSA) is 97.6 Å². The van der Waals surface area contributed by atoms with E-state index in [0.717, 1.165) is 12.7 Å². The zero-order chi connectivity index (χ0) is 19.6. The average Bonchev–Trinajstić information content (AvgIpc) is 2.67. The van der Waals surface area contributed by atoms with Crippen molar-refractivity contribution >= 4 is 28.5 Å². The number of ether oxygens (including phenoxy) is 1. The number of hydrogen-bond donors (Lipinski definition) is 2. The van der Waals surface area contributed by atoms with E-state index in [-0.39, 0.29) is 17.7 Å². The number of aromatic hydroxyl groups is 1. The van der Waals surface area contributed by atoms with Gasteiger partial charge in [0, 0.05) is 18.1 Å². The van der Waals surface area contributed by atoms with Crippen molar-refractivity contribution in [2.75, 3.05) is 12.4 Å². The number of esters is 1. The molecule has 0 atom stereocenters. The zero-order valence-electron chi connectivity index (χ0n) is 14.9. The number of nitrogens with one attached hydrogen (secondary N) is 1. The van der Waals surface area contributed by atoms with Gasteiger partial charge in [-0.3, -0.25) is 9.59 Å². The van der Waals surface area contributed by atoms with Crippen LogP contribution >= 0.6 is 0 Å². The molecule has 0 fully saturated rings. The van der Waals surface area contributed by atoms with Crippen LogP contribution in [0.4, 0.5) is 5.69 Å². The molecule has 138 valence electrons. The maximum Gasteiger partial charge on any atom is 0.347 e. The molecule has 0 saturated carbocycles. The lowest BCUT2D eigenvalue weighted by Crippen LogP contribution is -2.25. The highest BCUT2D eigenvalue weighted by Crippen LogP contribution is 2.29. The van der Waals surface area contributed by atoms with Gasteiger partial charge in [0.1, 0.15) is 5.75 Å². The summed E-state index contributed by atoms with van der Waals surface area (Å²) in [5, 5.41) is 13.4. The Morgan fingerprint density at radius 3 is 2.52 bits per heavy atom. The van der Waals surface area contributed by atoms with Crippen molar-refractivity contribution in [3.05, 3.63) is 70.0 Å². The van der Waals surface area contributed by atoms with Crippen molar-refractivity contribution in [3.63, 3.8) is 0 Å². The molecule has 0 aliphatic carbocycles. The standard InChI is InChI=1S/C20H18N2O5/c1-22-15-9-8-13(21-16(23)10-12-6-4-3-5-7-12)11-14(15)18(24)17(19(22)25)20(26)27-2/h3-9,11,24H,10H2,1-2H3,(H,21,23). The molecular weight excluding hydrogens is 348 g/mol. The number of carbonyl (C=O) groups excluding carboxylic acids is 2. The molecule has 3 rings (SSSR count). The van der Waals surface area contributed by atoms with Gasteiger partial charge in [0.05, 0.1) is 19.0 Å². The van der Waals surface area contributed by atoms with E-state index < -0.39 is 22.8 Å². The summed E-state index contributed by atoms with van der Waals surface area (Å²) in [5.74, 6) is -1.62. The highest BCUT2D eigenvalue weighted by molar-refractivity contribution is 6.01. The van der Waals surface area contributed by atoms with Crippen LogP contribution in [0.25, 0.3) is 10.9 Å². The van der Waals surface area contributed by atoms with Crippen LogP contribution in [0.3, 0.4) is 0 Å². The summed E-state index contributed by atoms with van der Waals surface area (Å²) in [6.07, 6.45) is 0.200. The van der Waals surface area contributed by atoms with E-state index in [1.54, 1.807) is 12.1 Å². The monoisotopic (exact) mass is 366 g/mol. The number of aromatic nitrogens is 1. The van der Waals surface area contributed by atoms with E-state index in [9.17, 15) is 19.5 Å². The molecule has 0 aliphatic rings. The molecule has 0 saturated heterocycles. The Hall–Kier alpha value is -3.61. The number of rotatable bonds is 4. The first-order valence-electron chi connectivity index (χ1n) is 8.20. The van der Waals surface area contributed by atoms with E-state index in [1.807, 2.05) is 30.3 Å². The van der Waals surface area contributed by atoms with Crippen LogP contribution in [0.15, 0.2) is 53.3 Å². The molecule has 0 unspecified atom stereocenters. The largest absolute Gasteiger partial charge is 0.506 e. The van der Waals surface area contributed by atoms with Crippen molar-refractivity contribution in [1.29, 1.82) is 0 Å². The Morgan fingerprint density at radius 1 is 1.15 bits per heavy atom. The number of hydrogen-bond acceptors (Lipinski definition) is 5. The average molecular weight is 366 g/mol. The van der Waals surface area contributed by atoms with Crippen LogP contribution in [0, 0.1) is 0 Å². The Kier molecular flexibility index (Phi) is 4.94. The third-order valence-corrected chi connectivity index (χ3v) is 4.25. The lowest BCUT2D eigenvalue weighted by Gasteiger charge is -2.12. The van der Waals surface area contributed by atoms with Crippen LogP contribution in [0.1, 0.15) is 15.9 Å². The van der Waals surface area contributed by atoms with E-state index in [0.29, 0.717) is 11.2 Å². The molecule has 3 aromatic rings. The number of methoxy groups -OCH3 is 1. The van der Waals surface area contributed by atoms with Gasteiger partial charge in [0.15, 0.2) is 5.56 Å². The Labute approximate surface area is 154 Å². The maximum atomic E-state index is 12.3. The van der Waals surface area contributed by atoms with Gasteiger partial charge >= 0.3 is 5.97 Å². The van der Waals surface area contributed by atoms with Crippen molar-refractivity contribution in [1.82, 2.24) is 4.57 Å². The van der Waals surface area contributed by atoms with Crippen molar-refractivity contribution in [2.45, 2.75) is 6.42 Å².